The number of hydrogen-bond acceptors (Lipinski definition) is 2. The molecule has 1 aliphatic heterocycles. The fraction of sp³-hybridized carbons (Fsp3) is 0.143. The van der Waals surface area contributed by atoms with Crippen molar-refractivity contribution >= 4 is 22.4 Å². The monoisotopic (exact) mass is 246 g/mol. The van der Waals surface area contributed by atoms with E-state index in [9.17, 15) is 5.11 Å². The van der Waals surface area contributed by atoms with Gasteiger partial charge in [0.15, 0.2) is 5.76 Å². The number of rotatable bonds is 0. The van der Waals surface area contributed by atoms with Gasteiger partial charge in [0.05, 0.1) is 0 Å². The van der Waals surface area contributed by atoms with E-state index in [1.165, 1.54) is 5.54 Å². The molecule has 3 heteroatoms. The second-order valence-corrected chi connectivity index (χ2v) is 4.53. The van der Waals surface area contributed by atoms with Gasteiger partial charge in [-0.15, -0.1) is 0 Å². The summed E-state index contributed by atoms with van der Waals surface area (Å²) in [5, 5.41) is 12.5. The topological polar surface area (TPSA) is 29.5 Å². The highest BCUT2D eigenvalue weighted by Crippen LogP contribution is 2.47. The first-order chi connectivity index (χ1) is 8.14. The lowest BCUT2D eigenvalue weighted by Gasteiger charge is -2.15. The Labute approximate surface area is 104 Å². The summed E-state index contributed by atoms with van der Waals surface area (Å²) in [5.74, 6) is 1.06. The van der Waals surface area contributed by atoms with Crippen molar-refractivity contribution in [3.05, 3.63) is 53.3 Å². The van der Waals surface area contributed by atoms with E-state index in [0.29, 0.717) is 11.5 Å². The lowest BCUT2D eigenvalue weighted by Crippen LogP contribution is -2.20. The molecular formula is C14H11ClO2. The highest BCUT2D eigenvalue weighted by atomic mass is 35.5. The molecule has 1 heterocycles. The first-order valence-electron chi connectivity index (χ1n) is 5.38. The van der Waals surface area contributed by atoms with Crippen LogP contribution in [0.15, 0.2) is 47.7 Å². The third-order valence-electron chi connectivity index (χ3n) is 3.19. The van der Waals surface area contributed by atoms with Gasteiger partial charge in [0, 0.05) is 16.5 Å². The highest BCUT2D eigenvalue weighted by molar-refractivity contribution is 6.25. The zero-order valence-corrected chi connectivity index (χ0v) is 10.0. The van der Waals surface area contributed by atoms with Gasteiger partial charge in [-0.25, -0.2) is 0 Å². The maximum Gasteiger partial charge on any atom is 0.151 e. The average molecular weight is 247 g/mol. The van der Waals surface area contributed by atoms with Crippen molar-refractivity contribution in [1.29, 1.82) is 0 Å². The molecule has 0 amide bonds. The van der Waals surface area contributed by atoms with Crippen LogP contribution in [0.5, 0.6) is 5.75 Å². The van der Waals surface area contributed by atoms with Crippen LogP contribution in [0, 0.1) is 0 Å². The van der Waals surface area contributed by atoms with Crippen LogP contribution >= 0.6 is 11.6 Å². The number of ether oxygens (including phenoxy) is 1. The van der Waals surface area contributed by atoms with E-state index >= 15 is 0 Å². The van der Waals surface area contributed by atoms with Gasteiger partial charge in [0.25, 0.3) is 0 Å². The Balaban J connectivity index is 2.36. The lowest BCUT2D eigenvalue weighted by molar-refractivity contribution is 0.0803. The van der Waals surface area contributed by atoms with E-state index in [0.717, 1.165) is 16.3 Å². The first-order valence-corrected chi connectivity index (χ1v) is 5.81. The summed E-state index contributed by atoms with van der Waals surface area (Å²) < 4.78 is 5.66. The maximum atomic E-state index is 10.4. The van der Waals surface area contributed by atoms with Crippen LogP contribution in [-0.4, -0.2) is 5.11 Å². The predicted molar refractivity (Wildman–Crippen MR) is 68.1 cm³/mol. The van der Waals surface area contributed by atoms with Crippen LogP contribution in [-0.2, 0) is 5.60 Å². The molecule has 0 saturated heterocycles. The van der Waals surface area contributed by atoms with Crippen molar-refractivity contribution in [1.82, 2.24) is 0 Å². The second-order valence-electron chi connectivity index (χ2n) is 4.31. The van der Waals surface area contributed by atoms with Gasteiger partial charge in [0.1, 0.15) is 11.4 Å². The molecule has 2 nitrogen and oxygen atoms in total. The van der Waals surface area contributed by atoms with Gasteiger partial charge in [0.2, 0.25) is 0 Å². The van der Waals surface area contributed by atoms with Crippen LogP contribution in [0.1, 0.15) is 12.5 Å². The number of hydrogen-bond donors (Lipinski definition) is 1. The normalized spacial score (nSPS) is 25.0. The van der Waals surface area contributed by atoms with Gasteiger partial charge in [-0.3, -0.25) is 0 Å². The van der Waals surface area contributed by atoms with Gasteiger partial charge in [-0.05, 0) is 12.3 Å². The standard InChI is InChI=1S/C14H11ClO2/c1-14(16)11-7-6-9-4-2-3-5-10(9)13(11)17-12(14)8-15/h2-8,16H,1H3/b12-8-. The molecular weight excluding hydrogens is 236 g/mol. The van der Waals surface area contributed by atoms with Gasteiger partial charge >= 0.3 is 0 Å². The molecule has 2 aromatic carbocycles. The minimum Gasteiger partial charge on any atom is -0.456 e. The summed E-state index contributed by atoms with van der Waals surface area (Å²) in [4.78, 5) is 0. The Morgan fingerprint density at radius 1 is 1.24 bits per heavy atom. The Morgan fingerprint density at radius 2 is 2.00 bits per heavy atom. The summed E-state index contributed by atoms with van der Waals surface area (Å²) in [7, 11) is 0. The van der Waals surface area contributed by atoms with Crippen molar-refractivity contribution < 1.29 is 9.84 Å². The molecule has 0 spiro atoms. The Kier molecular flexibility index (Phi) is 2.18. The van der Waals surface area contributed by atoms with E-state index in [1.54, 1.807) is 6.92 Å². The quantitative estimate of drug-likeness (QED) is 0.771. The van der Waals surface area contributed by atoms with Crippen molar-refractivity contribution in [2.75, 3.05) is 0 Å². The average Bonchev–Trinajstić information content (AvgIpc) is 2.61. The maximum absolute atomic E-state index is 10.4. The minimum absolute atomic E-state index is 0.366. The molecule has 0 saturated carbocycles. The molecule has 86 valence electrons. The first kappa shape index (κ1) is 10.6. The fourth-order valence-corrected chi connectivity index (χ4v) is 2.46. The third-order valence-corrected chi connectivity index (χ3v) is 3.39. The summed E-state index contributed by atoms with van der Waals surface area (Å²) >= 11 is 5.69. The van der Waals surface area contributed by atoms with Crippen LogP contribution in [0.2, 0.25) is 0 Å². The Bertz CT molecular complexity index is 629. The van der Waals surface area contributed by atoms with Gasteiger partial charge in [-0.1, -0.05) is 48.0 Å². The molecule has 1 unspecified atom stereocenters. The largest absolute Gasteiger partial charge is 0.456 e. The van der Waals surface area contributed by atoms with E-state index in [1.807, 2.05) is 36.4 Å². The lowest BCUT2D eigenvalue weighted by atomic mass is 9.94. The van der Waals surface area contributed by atoms with Crippen molar-refractivity contribution in [2.24, 2.45) is 0 Å². The molecule has 2 aromatic rings. The van der Waals surface area contributed by atoms with Crippen LogP contribution in [0.25, 0.3) is 10.8 Å². The van der Waals surface area contributed by atoms with Crippen LogP contribution in [0.3, 0.4) is 0 Å². The van der Waals surface area contributed by atoms with E-state index in [2.05, 4.69) is 0 Å². The predicted octanol–water partition coefficient (Wildman–Crippen LogP) is 3.52. The molecule has 1 atom stereocenters. The molecule has 0 radical (unpaired) electrons. The third kappa shape index (κ3) is 1.38. The molecule has 0 fully saturated rings. The van der Waals surface area contributed by atoms with Crippen molar-refractivity contribution in [2.45, 2.75) is 12.5 Å². The van der Waals surface area contributed by atoms with Gasteiger partial charge < -0.3 is 9.84 Å². The molecule has 0 bridgehead atoms. The molecule has 17 heavy (non-hydrogen) atoms. The summed E-state index contributed by atoms with van der Waals surface area (Å²) in [6.07, 6.45) is 0. The summed E-state index contributed by atoms with van der Waals surface area (Å²) in [6.45, 7) is 1.68. The smallest absolute Gasteiger partial charge is 0.151 e. The number of fused-ring (bicyclic) bond motifs is 3. The molecule has 3 rings (SSSR count). The van der Waals surface area contributed by atoms with E-state index in [-0.39, 0.29) is 0 Å². The molecule has 0 aliphatic carbocycles. The van der Waals surface area contributed by atoms with Crippen molar-refractivity contribution in [3.63, 3.8) is 0 Å². The van der Waals surface area contributed by atoms with E-state index in [4.69, 9.17) is 16.3 Å². The zero-order chi connectivity index (χ0) is 12.0. The van der Waals surface area contributed by atoms with Gasteiger partial charge in [-0.2, -0.15) is 0 Å². The van der Waals surface area contributed by atoms with Crippen LogP contribution in [0.4, 0.5) is 0 Å². The van der Waals surface area contributed by atoms with Crippen LogP contribution < -0.4 is 4.74 Å². The SMILES string of the molecule is CC1(O)/C(=C/Cl)Oc2c1ccc1ccccc21. The van der Waals surface area contributed by atoms with E-state index < -0.39 is 5.60 Å². The fourth-order valence-electron chi connectivity index (χ4n) is 2.21. The molecule has 1 N–H and O–H groups in total. The highest BCUT2D eigenvalue weighted by Gasteiger charge is 2.40. The summed E-state index contributed by atoms with van der Waals surface area (Å²) in [6, 6.07) is 11.8. The molecule has 1 aliphatic rings. The molecule has 0 aromatic heterocycles. The Morgan fingerprint density at radius 3 is 2.76 bits per heavy atom. The Hall–Kier alpha value is -1.51. The number of halogens is 1. The summed E-state index contributed by atoms with van der Waals surface area (Å²) in [5.41, 5.74) is 0.888. The zero-order valence-electron chi connectivity index (χ0n) is 9.27. The van der Waals surface area contributed by atoms with Crippen molar-refractivity contribution in [3.8, 4) is 5.75 Å². The number of benzene rings is 2. The second kappa shape index (κ2) is 3.49. The number of aliphatic hydroxyl groups is 1. The minimum atomic E-state index is -1.15.